The summed E-state index contributed by atoms with van der Waals surface area (Å²) in [5, 5.41) is 0.763. The first-order valence-electron chi connectivity index (χ1n) is 7.27. The van der Waals surface area contributed by atoms with E-state index in [-0.39, 0.29) is 0 Å². The molecule has 0 atom stereocenters. The highest BCUT2D eigenvalue weighted by atomic mass is 79.9. The van der Waals surface area contributed by atoms with Gasteiger partial charge in [0.15, 0.2) is 0 Å². The number of nitrogens with zero attached hydrogens (tertiary/aromatic N) is 1. The average Bonchev–Trinajstić information content (AvgIpc) is 2.49. The maximum atomic E-state index is 6.15. The van der Waals surface area contributed by atoms with Gasteiger partial charge >= 0.3 is 0 Å². The number of benzene rings is 1. The third kappa shape index (κ3) is 3.65. The van der Waals surface area contributed by atoms with Crippen molar-refractivity contribution < 1.29 is 4.74 Å². The Morgan fingerprint density at radius 3 is 2.38 bits per heavy atom. The fourth-order valence-electron chi connectivity index (χ4n) is 2.37. The van der Waals surface area contributed by atoms with Crippen molar-refractivity contribution in [3.05, 3.63) is 58.4 Å². The highest BCUT2D eigenvalue weighted by Gasteiger charge is 2.18. The van der Waals surface area contributed by atoms with Gasteiger partial charge in [-0.2, -0.15) is 0 Å². The van der Waals surface area contributed by atoms with Gasteiger partial charge in [0.1, 0.15) is 12.4 Å². The fraction of sp³-hybridized carbons (Fsp3) is 0.389. The average molecular weight is 348 g/mol. The van der Waals surface area contributed by atoms with Crippen molar-refractivity contribution in [3.8, 4) is 5.75 Å². The second-order valence-electron chi connectivity index (χ2n) is 5.58. The standard InChI is InChI=1S/C18H22BrNO/c1-12(2)17-16(10-19)18(13(3)14(4)20-17)21-11-15-8-6-5-7-9-15/h5-9,12H,10-11H2,1-4H3. The highest BCUT2D eigenvalue weighted by molar-refractivity contribution is 9.08. The van der Waals surface area contributed by atoms with Gasteiger partial charge in [0.2, 0.25) is 0 Å². The molecule has 0 bridgehead atoms. The molecule has 112 valence electrons. The van der Waals surface area contributed by atoms with E-state index in [0.717, 1.165) is 28.0 Å². The van der Waals surface area contributed by atoms with Gasteiger partial charge in [-0.15, -0.1) is 0 Å². The molecule has 1 aromatic heterocycles. The first-order chi connectivity index (χ1) is 10.0. The quantitative estimate of drug-likeness (QED) is 0.685. The van der Waals surface area contributed by atoms with Gasteiger partial charge in [-0.1, -0.05) is 60.1 Å². The molecular formula is C18H22BrNO. The number of pyridine rings is 1. The molecule has 21 heavy (non-hydrogen) atoms. The predicted molar refractivity (Wildman–Crippen MR) is 91.2 cm³/mol. The van der Waals surface area contributed by atoms with Crippen LogP contribution in [0.5, 0.6) is 5.75 Å². The van der Waals surface area contributed by atoms with E-state index in [4.69, 9.17) is 9.72 Å². The zero-order chi connectivity index (χ0) is 15.4. The van der Waals surface area contributed by atoms with E-state index in [1.165, 1.54) is 11.1 Å². The largest absolute Gasteiger partial charge is 0.488 e. The second kappa shape index (κ2) is 7.08. The normalized spacial score (nSPS) is 11.0. The lowest BCUT2D eigenvalue weighted by atomic mass is 10.0. The van der Waals surface area contributed by atoms with Gasteiger partial charge < -0.3 is 4.74 Å². The second-order valence-corrected chi connectivity index (χ2v) is 6.14. The summed E-state index contributed by atoms with van der Waals surface area (Å²) < 4.78 is 6.15. The predicted octanol–water partition coefficient (Wildman–Crippen LogP) is 5.30. The monoisotopic (exact) mass is 347 g/mol. The van der Waals surface area contributed by atoms with Gasteiger partial charge in [0.25, 0.3) is 0 Å². The maximum Gasteiger partial charge on any atom is 0.130 e. The van der Waals surface area contributed by atoms with Crippen LogP contribution in [0.15, 0.2) is 30.3 Å². The first kappa shape index (κ1) is 16.0. The van der Waals surface area contributed by atoms with Gasteiger partial charge in [-0.25, -0.2) is 0 Å². The lowest BCUT2D eigenvalue weighted by Gasteiger charge is -2.19. The Bertz CT molecular complexity index is 608. The van der Waals surface area contributed by atoms with E-state index in [9.17, 15) is 0 Å². The van der Waals surface area contributed by atoms with Crippen LogP contribution in [-0.2, 0) is 11.9 Å². The first-order valence-corrected chi connectivity index (χ1v) is 8.39. The van der Waals surface area contributed by atoms with Gasteiger partial charge in [-0.05, 0) is 25.3 Å². The summed E-state index contributed by atoms with van der Waals surface area (Å²) in [4.78, 5) is 4.75. The van der Waals surface area contributed by atoms with Crippen molar-refractivity contribution >= 4 is 15.9 Å². The summed E-state index contributed by atoms with van der Waals surface area (Å²) in [6.45, 7) is 9.06. The van der Waals surface area contributed by atoms with Crippen molar-refractivity contribution in [1.82, 2.24) is 4.98 Å². The molecular weight excluding hydrogens is 326 g/mol. The van der Waals surface area contributed by atoms with E-state index in [2.05, 4.69) is 55.8 Å². The number of hydrogen-bond donors (Lipinski definition) is 0. The van der Waals surface area contributed by atoms with E-state index in [1.807, 2.05) is 18.2 Å². The molecule has 0 aliphatic heterocycles. The van der Waals surface area contributed by atoms with Crippen LogP contribution in [0, 0.1) is 13.8 Å². The molecule has 0 fully saturated rings. The Morgan fingerprint density at radius 2 is 1.81 bits per heavy atom. The zero-order valence-corrected chi connectivity index (χ0v) is 14.7. The van der Waals surface area contributed by atoms with Crippen LogP contribution in [0.1, 0.15) is 47.8 Å². The van der Waals surface area contributed by atoms with E-state index >= 15 is 0 Å². The summed E-state index contributed by atoms with van der Waals surface area (Å²) in [6.07, 6.45) is 0. The number of ether oxygens (including phenoxy) is 1. The molecule has 0 saturated heterocycles. The Labute approximate surface area is 135 Å². The van der Waals surface area contributed by atoms with E-state index in [0.29, 0.717) is 12.5 Å². The smallest absolute Gasteiger partial charge is 0.130 e. The zero-order valence-electron chi connectivity index (χ0n) is 13.1. The van der Waals surface area contributed by atoms with Crippen molar-refractivity contribution in [3.63, 3.8) is 0 Å². The number of hydrogen-bond acceptors (Lipinski definition) is 2. The van der Waals surface area contributed by atoms with Crippen LogP contribution in [0.25, 0.3) is 0 Å². The fourth-order valence-corrected chi connectivity index (χ4v) is 2.91. The highest BCUT2D eigenvalue weighted by Crippen LogP contribution is 2.33. The van der Waals surface area contributed by atoms with Crippen molar-refractivity contribution in [2.75, 3.05) is 0 Å². The van der Waals surface area contributed by atoms with E-state index < -0.39 is 0 Å². The number of aromatic nitrogens is 1. The van der Waals surface area contributed by atoms with Crippen LogP contribution in [0.4, 0.5) is 0 Å². The molecule has 2 aromatic rings. The van der Waals surface area contributed by atoms with Crippen LogP contribution in [0.2, 0.25) is 0 Å². The molecule has 3 heteroatoms. The van der Waals surface area contributed by atoms with Gasteiger partial charge in [0, 0.05) is 22.2 Å². The topological polar surface area (TPSA) is 22.1 Å². The minimum Gasteiger partial charge on any atom is -0.488 e. The molecule has 0 saturated carbocycles. The molecule has 0 aliphatic rings. The number of rotatable bonds is 5. The van der Waals surface area contributed by atoms with Gasteiger partial charge in [0.05, 0.1) is 5.69 Å². The molecule has 0 amide bonds. The number of halogens is 1. The summed E-state index contributed by atoms with van der Waals surface area (Å²) in [5.74, 6) is 1.36. The molecule has 1 heterocycles. The van der Waals surface area contributed by atoms with Crippen LogP contribution >= 0.6 is 15.9 Å². The Hall–Kier alpha value is -1.35. The summed E-state index contributed by atoms with van der Waals surface area (Å²) >= 11 is 3.59. The van der Waals surface area contributed by atoms with Crippen molar-refractivity contribution in [2.24, 2.45) is 0 Å². The lowest BCUT2D eigenvalue weighted by molar-refractivity contribution is 0.300. The molecule has 2 rings (SSSR count). The van der Waals surface area contributed by atoms with Crippen molar-refractivity contribution in [2.45, 2.75) is 45.5 Å². The number of alkyl halides is 1. The third-order valence-electron chi connectivity index (χ3n) is 3.66. The molecule has 0 radical (unpaired) electrons. The SMILES string of the molecule is Cc1nc(C(C)C)c(CBr)c(OCc2ccccc2)c1C. The van der Waals surface area contributed by atoms with Gasteiger partial charge in [-0.3, -0.25) is 4.98 Å². The molecule has 1 aromatic carbocycles. The molecule has 2 nitrogen and oxygen atoms in total. The minimum atomic E-state index is 0.385. The third-order valence-corrected chi connectivity index (χ3v) is 4.22. The Balaban J connectivity index is 2.37. The minimum absolute atomic E-state index is 0.385. The Kier molecular flexibility index (Phi) is 5.40. The molecule has 0 aliphatic carbocycles. The lowest BCUT2D eigenvalue weighted by Crippen LogP contribution is -2.08. The Morgan fingerprint density at radius 1 is 1.14 bits per heavy atom. The number of aryl methyl sites for hydroxylation is 1. The van der Waals surface area contributed by atoms with Crippen molar-refractivity contribution in [1.29, 1.82) is 0 Å². The molecule has 0 N–H and O–H groups in total. The molecule has 0 spiro atoms. The summed E-state index contributed by atoms with van der Waals surface area (Å²) in [6, 6.07) is 10.3. The van der Waals surface area contributed by atoms with Crippen LogP contribution in [0.3, 0.4) is 0 Å². The van der Waals surface area contributed by atoms with Crippen LogP contribution < -0.4 is 4.74 Å². The molecule has 0 unspecified atom stereocenters. The summed E-state index contributed by atoms with van der Waals surface area (Å²) in [7, 11) is 0. The van der Waals surface area contributed by atoms with E-state index in [1.54, 1.807) is 0 Å². The van der Waals surface area contributed by atoms with Crippen LogP contribution in [-0.4, -0.2) is 4.98 Å². The summed E-state index contributed by atoms with van der Waals surface area (Å²) in [5.41, 5.74) is 5.65. The maximum absolute atomic E-state index is 6.15.